The third kappa shape index (κ3) is 2.80. The lowest BCUT2D eigenvalue weighted by molar-refractivity contribution is -0.106. The molecule has 4 heteroatoms. The van der Waals surface area contributed by atoms with E-state index in [0.717, 1.165) is 0 Å². The molecule has 0 aliphatic rings. The number of aliphatic hydroxyl groups is 1. The molecule has 0 aliphatic heterocycles. The van der Waals surface area contributed by atoms with Gasteiger partial charge >= 0.3 is 0 Å². The van der Waals surface area contributed by atoms with Crippen LogP contribution in [0.5, 0.6) is 5.75 Å². The zero-order valence-corrected chi connectivity index (χ0v) is 7.36. The average Bonchev–Trinajstić information content (AvgIpc) is 2.14. The van der Waals surface area contributed by atoms with Gasteiger partial charge in [0.1, 0.15) is 12.0 Å². The van der Waals surface area contributed by atoms with E-state index in [-0.39, 0.29) is 5.76 Å². The molecule has 0 aliphatic carbocycles. The topological polar surface area (TPSA) is 46.5 Å². The van der Waals surface area contributed by atoms with E-state index in [1.165, 1.54) is 6.07 Å². The van der Waals surface area contributed by atoms with Crippen molar-refractivity contribution in [3.8, 4) is 5.75 Å². The second kappa shape index (κ2) is 4.52. The number of benzene rings is 1. The van der Waals surface area contributed by atoms with Gasteiger partial charge in [-0.05, 0) is 18.2 Å². The average molecular weight is 199 g/mol. The minimum absolute atomic E-state index is 0.165. The Bertz CT molecular complexity index is 333. The van der Waals surface area contributed by atoms with Gasteiger partial charge in [-0.25, -0.2) is 0 Å². The SMILES string of the molecule is O=CC(=CO)Oc1cccc(Cl)c1. The Labute approximate surface area is 80.2 Å². The summed E-state index contributed by atoms with van der Waals surface area (Å²) in [6, 6.07) is 6.52. The number of hydrogen-bond donors (Lipinski definition) is 1. The summed E-state index contributed by atoms with van der Waals surface area (Å²) in [5.74, 6) is 0.238. The minimum Gasteiger partial charge on any atom is -0.512 e. The number of hydrogen-bond acceptors (Lipinski definition) is 3. The Kier molecular flexibility index (Phi) is 3.34. The van der Waals surface area contributed by atoms with Gasteiger partial charge in [-0.15, -0.1) is 0 Å². The van der Waals surface area contributed by atoms with Crippen LogP contribution in [0.15, 0.2) is 36.3 Å². The van der Waals surface area contributed by atoms with Gasteiger partial charge in [0.15, 0.2) is 6.29 Å². The fourth-order valence-electron chi connectivity index (χ4n) is 0.747. The van der Waals surface area contributed by atoms with E-state index in [0.29, 0.717) is 23.3 Å². The summed E-state index contributed by atoms with van der Waals surface area (Å²) in [4.78, 5) is 10.2. The molecule has 0 radical (unpaired) electrons. The molecule has 0 heterocycles. The predicted octanol–water partition coefficient (Wildman–Crippen LogP) is 2.32. The van der Waals surface area contributed by atoms with Gasteiger partial charge in [0, 0.05) is 5.02 Å². The fraction of sp³-hybridized carbons (Fsp3) is 0. The lowest BCUT2D eigenvalue weighted by Crippen LogP contribution is -1.95. The van der Waals surface area contributed by atoms with Gasteiger partial charge in [-0.1, -0.05) is 17.7 Å². The number of carbonyl (C=O) groups is 1. The van der Waals surface area contributed by atoms with E-state index in [4.69, 9.17) is 21.4 Å². The van der Waals surface area contributed by atoms with Gasteiger partial charge in [0.2, 0.25) is 5.76 Å². The van der Waals surface area contributed by atoms with Crippen LogP contribution in [0.2, 0.25) is 5.02 Å². The highest BCUT2D eigenvalue weighted by atomic mass is 35.5. The molecule has 1 rings (SSSR count). The number of carbonyl (C=O) groups excluding carboxylic acids is 1. The summed E-state index contributed by atoms with van der Waals surface area (Å²) in [7, 11) is 0. The molecule has 0 saturated carbocycles. The maximum atomic E-state index is 10.2. The molecule has 1 N–H and O–H groups in total. The standard InChI is InChI=1S/C9H7ClO3/c10-7-2-1-3-8(4-7)13-9(5-11)6-12/h1-6,11H. The van der Waals surface area contributed by atoms with Gasteiger partial charge in [0.05, 0.1) is 0 Å². The van der Waals surface area contributed by atoms with Crippen LogP contribution in [0.1, 0.15) is 0 Å². The summed E-state index contributed by atoms with van der Waals surface area (Å²) >= 11 is 5.66. The predicted molar refractivity (Wildman–Crippen MR) is 48.9 cm³/mol. The highest BCUT2D eigenvalue weighted by Crippen LogP contribution is 2.18. The summed E-state index contributed by atoms with van der Waals surface area (Å²) in [6.07, 6.45) is 0.995. The first kappa shape index (κ1) is 9.61. The number of ether oxygens (including phenoxy) is 1. The molecular formula is C9H7ClO3. The number of aldehydes is 1. The molecule has 0 aromatic heterocycles. The van der Waals surface area contributed by atoms with Crippen molar-refractivity contribution >= 4 is 17.9 Å². The fourth-order valence-corrected chi connectivity index (χ4v) is 0.928. The van der Waals surface area contributed by atoms with Crippen LogP contribution in [-0.2, 0) is 4.79 Å². The van der Waals surface area contributed by atoms with Crippen molar-refractivity contribution in [2.45, 2.75) is 0 Å². The van der Waals surface area contributed by atoms with Crippen LogP contribution in [0.3, 0.4) is 0 Å². The summed E-state index contributed by atoms with van der Waals surface area (Å²) < 4.78 is 4.95. The van der Waals surface area contributed by atoms with E-state index in [1.807, 2.05) is 0 Å². The van der Waals surface area contributed by atoms with Gasteiger partial charge in [0.25, 0.3) is 0 Å². The van der Waals surface area contributed by atoms with Crippen LogP contribution < -0.4 is 4.74 Å². The minimum atomic E-state index is -0.165. The Hall–Kier alpha value is -1.48. The molecule has 0 unspecified atom stereocenters. The molecule has 0 amide bonds. The Morgan fingerprint density at radius 1 is 1.54 bits per heavy atom. The molecule has 0 fully saturated rings. The molecule has 1 aromatic carbocycles. The second-order valence-corrected chi connectivity index (χ2v) is 2.65. The molecule has 3 nitrogen and oxygen atoms in total. The van der Waals surface area contributed by atoms with Gasteiger partial charge < -0.3 is 9.84 Å². The largest absolute Gasteiger partial charge is 0.512 e. The molecule has 68 valence electrons. The van der Waals surface area contributed by atoms with Crippen molar-refractivity contribution in [2.75, 3.05) is 0 Å². The Morgan fingerprint density at radius 3 is 2.85 bits per heavy atom. The molecule has 1 aromatic rings. The first-order chi connectivity index (χ1) is 6.26. The first-order valence-corrected chi connectivity index (χ1v) is 3.87. The Morgan fingerprint density at radius 2 is 2.31 bits per heavy atom. The van der Waals surface area contributed by atoms with E-state index >= 15 is 0 Å². The second-order valence-electron chi connectivity index (χ2n) is 2.21. The maximum absolute atomic E-state index is 10.2. The van der Waals surface area contributed by atoms with Crippen molar-refractivity contribution in [2.24, 2.45) is 0 Å². The van der Waals surface area contributed by atoms with Crippen molar-refractivity contribution in [1.29, 1.82) is 0 Å². The van der Waals surface area contributed by atoms with Crippen molar-refractivity contribution in [3.05, 3.63) is 41.3 Å². The normalized spacial score (nSPS) is 11.0. The summed E-state index contributed by atoms with van der Waals surface area (Å²) in [5, 5.41) is 9.01. The third-order valence-electron chi connectivity index (χ3n) is 1.28. The molecule has 0 bridgehead atoms. The van der Waals surface area contributed by atoms with Crippen molar-refractivity contribution in [1.82, 2.24) is 0 Å². The molecule has 13 heavy (non-hydrogen) atoms. The van der Waals surface area contributed by atoms with Crippen molar-refractivity contribution < 1.29 is 14.6 Å². The quantitative estimate of drug-likeness (QED) is 0.461. The number of rotatable bonds is 3. The van der Waals surface area contributed by atoms with E-state index < -0.39 is 0 Å². The van der Waals surface area contributed by atoms with Gasteiger partial charge in [-0.2, -0.15) is 0 Å². The third-order valence-corrected chi connectivity index (χ3v) is 1.51. The van der Waals surface area contributed by atoms with E-state index in [9.17, 15) is 4.79 Å². The highest BCUT2D eigenvalue weighted by Gasteiger charge is 1.99. The van der Waals surface area contributed by atoms with Crippen LogP contribution >= 0.6 is 11.6 Å². The van der Waals surface area contributed by atoms with Crippen LogP contribution in [-0.4, -0.2) is 11.4 Å². The number of aliphatic hydroxyl groups excluding tert-OH is 1. The van der Waals surface area contributed by atoms with Gasteiger partial charge in [-0.3, -0.25) is 4.79 Å². The zero-order chi connectivity index (χ0) is 9.68. The first-order valence-electron chi connectivity index (χ1n) is 3.49. The monoisotopic (exact) mass is 198 g/mol. The van der Waals surface area contributed by atoms with E-state index in [1.54, 1.807) is 18.2 Å². The lowest BCUT2D eigenvalue weighted by atomic mass is 10.3. The number of allylic oxidation sites excluding steroid dienone is 1. The lowest BCUT2D eigenvalue weighted by Gasteiger charge is -2.02. The smallest absolute Gasteiger partial charge is 0.201 e. The summed E-state index contributed by atoms with van der Waals surface area (Å²) in [5.41, 5.74) is 0. The van der Waals surface area contributed by atoms with Crippen molar-refractivity contribution in [3.63, 3.8) is 0 Å². The van der Waals surface area contributed by atoms with E-state index in [2.05, 4.69) is 0 Å². The Balaban J connectivity index is 2.79. The maximum Gasteiger partial charge on any atom is 0.201 e. The molecule has 0 atom stereocenters. The van der Waals surface area contributed by atoms with Crippen LogP contribution in [0.4, 0.5) is 0 Å². The van der Waals surface area contributed by atoms with Crippen LogP contribution in [0, 0.1) is 0 Å². The molecule has 0 saturated heterocycles. The van der Waals surface area contributed by atoms with Crippen LogP contribution in [0.25, 0.3) is 0 Å². The highest BCUT2D eigenvalue weighted by molar-refractivity contribution is 6.30. The zero-order valence-electron chi connectivity index (χ0n) is 6.61. The molecule has 0 spiro atoms. The molecular weight excluding hydrogens is 192 g/mol. The summed E-state index contributed by atoms with van der Waals surface area (Å²) in [6.45, 7) is 0. The number of halogens is 1.